The molecular formula is C10H15OS-. The molecule has 68 valence electrons. The minimum atomic E-state index is -2.13. The fourth-order valence-corrected chi connectivity index (χ4v) is 2.20. The topological polar surface area (TPSA) is 20.2 Å². The molecule has 12 heavy (non-hydrogen) atoms. The van der Waals surface area contributed by atoms with Crippen molar-refractivity contribution in [3.8, 4) is 0 Å². The molecule has 0 saturated carbocycles. The molecule has 0 spiro atoms. The third-order valence-corrected chi connectivity index (χ3v) is 4.78. The first-order valence-corrected chi connectivity index (χ1v) is 5.56. The van der Waals surface area contributed by atoms with Gasteiger partial charge >= 0.3 is 0 Å². The van der Waals surface area contributed by atoms with Crippen molar-refractivity contribution in [2.45, 2.75) is 30.4 Å². The van der Waals surface area contributed by atoms with Crippen LogP contribution >= 0.6 is 10.3 Å². The van der Waals surface area contributed by atoms with Crippen molar-refractivity contribution in [3.05, 3.63) is 30.5 Å². The average molecular weight is 183 g/mol. The van der Waals surface area contributed by atoms with Crippen LogP contribution in [0.3, 0.4) is 0 Å². The Hall–Kier alpha value is -0.340. The Bertz CT molecular complexity index is 241. The zero-order valence-electron chi connectivity index (χ0n) is 7.74. The van der Waals surface area contributed by atoms with Crippen molar-refractivity contribution in [3.63, 3.8) is 0 Å². The third kappa shape index (κ3) is 1.54. The molecule has 0 aliphatic carbocycles. The van der Waals surface area contributed by atoms with Gasteiger partial charge in [0.2, 0.25) is 0 Å². The van der Waals surface area contributed by atoms with E-state index in [-0.39, 0.29) is 4.75 Å². The molecule has 0 aliphatic rings. The molecule has 0 amide bonds. The van der Waals surface area contributed by atoms with Gasteiger partial charge in [-0.15, -0.1) is 4.90 Å². The summed E-state index contributed by atoms with van der Waals surface area (Å²) in [7, 11) is -2.13. The fraction of sp³-hybridized carbons (Fsp3) is 0.400. The van der Waals surface area contributed by atoms with Crippen LogP contribution in [0.1, 0.15) is 20.8 Å². The van der Waals surface area contributed by atoms with Gasteiger partial charge in [0.1, 0.15) is 0 Å². The van der Waals surface area contributed by atoms with Crippen LogP contribution in [-0.2, 0) is 0 Å². The van der Waals surface area contributed by atoms with E-state index in [2.05, 4.69) is 0 Å². The predicted molar refractivity (Wildman–Crippen MR) is 54.6 cm³/mol. The average Bonchev–Trinajstić information content (AvgIpc) is 2.34. The highest BCUT2D eigenvalue weighted by molar-refractivity contribution is 8.31. The minimum Gasteiger partial charge on any atom is -0.358 e. The highest BCUT2D eigenvalue weighted by atomic mass is 32.3. The van der Waals surface area contributed by atoms with Crippen LogP contribution in [0.2, 0.25) is 0 Å². The first kappa shape index (κ1) is 9.75. The van der Waals surface area contributed by atoms with Crippen molar-refractivity contribution in [2.24, 2.45) is 0 Å². The van der Waals surface area contributed by atoms with Gasteiger partial charge in [0.15, 0.2) is 0 Å². The van der Waals surface area contributed by atoms with Gasteiger partial charge in [-0.1, -0.05) is 20.8 Å². The van der Waals surface area contributed by atoms with Crippen molar-refractivity contribution in [2.75, 3.05) is 0 Å². The third-order valence-electron chi connectivity index (χ3n) is 1.93. The molecule has 1 unspecified atom stereocenters. The lowest BCUT2D eigenvalue weighted by atomic mass is 10.3. The van der Waals surface area contributed by atoms with E-state index in [0.717, 1.165) is 4.90 Å². The van der Waals surface area contributed by atoms with Crippen LogP contribution in [0.4, 0.5) is 0 Å². The van der Waals surface area contributed by atoms with Crippen molar-refractivity contribution in [1.29, 1.82) is 0 Å². The Kier molecular flexibility index (Phi) is 2.32. The summed E-state index contributed by atoms with van der Waals surface area (Å²) in [5, 5.41) is 0. The lowest BCUT2D eigenvalue weighted by molar-refractivity contribution is 0.589. The Morgan fingerprint density at radius 3 is 2.42 bits per heavy atom. The molecule has 0 aliphatic heterocycles. The van der Waals surface area contributed by atoms with Gasteiger partial charge in [-0.05, 0) is 0 Å². The summed E-state index contributed by atoms with van der Waals surface area (Å²) in [6.45, 7) is 5.86. The maximum Gasteiger partial charge on any atom is 0.0294 e. The molecule has 1 N–H and O–H groups in total. The first-order valence-electron chi connectivity index (χ1n) is 3.90. The molecule has 0 aromatic heterocycles. The molecule has 1 atom stereocenters. The van der Waals surface area contributed by atoms with Crippen LogP contribution in [0.15, 0.2) is 29.2 Å². The zero-order valence-corrected chi connectivity index (χ0v) is 8.56. The summed E-state index contributed by atoms with van der Waals surface area (Å²) in [6, 6.07) is 7.54. The van der Waals surface area contributed by atoms with Gasteiger partial charge in [0, 0.05) is 11.0 Å². The lowest BCUT2D eigenvalue weighted by Gasteiger charge is -2.46. The molecule has 2 heteroatoms. The van der Waals surface area contributed by atoms with Gasteiger partial charge < -0.3 is 4.55 Å². The normalized spacial score (nSPS) is 20.1. The highest BCUT2D eigenvalue weighted by Crippen LogP contribution is 2.60. The molecule has 1 aromatic rings. The summed E-state index contributed by atoms with van der Waals surface area (Å²) in [6.07, 6.45) is 5.90. The zero-order chi connectivity index (χ0) is 9.41. The number of hydrogen-bond donors (Lipinski definition) is 1. The van der Waals surface area contributed by atoms with E-state index in [9.17, 15) is 4.55 Å². The van der Waals surface area contributed by atoms with Crippen LogP contribution in [0.5, 0.6) is 0 Å². The van der Waals surface area contributed by atoms with E-state index in [1.165, 1.54) is 0 Å². The first-order chi connectivity index (χ1) is 5.36. The Balaban J connectivity index is 3.02. The van der Waals surface area contributed by atoms with E-state index in [0.29, 0.717) is 0 Å². The second-order valence-electron chi connectivity index (χ2n) is 3.86. The maximum absolute atomic E-state index is 10.1. The fourth-order valence-electron chi connectivity index (χ4n) is 0.917. The summed E-state index contributed by atoms with van der Waals surface area (Å²) in [5.41, 5.74) is 0. The van der Waals surface area contributed by atoms with E-state index >= 15 is 0 Å². The van der Waals surface area contributed by atoms with Gasteiger partial charge in [0.25, 0.3) is 0 Å². The molecule has 0 fully saturated rings. The van der Waals surface area contributed by atoms with Crippen molar-refractivity contribution >= 4 is 10.3 Å². The highest BCUT2D eigenvalue weighted by Gasteiger charge is 2.27. The summed E-state index contributed by atoms with van der Waals surface area (Å²) in [5.74, 6) is 0. The van der Waals surface area contributed by atoms with Crippen LogP contribution in [0, 0.1) is 6.26 Å². The summed E-state index contributed by atoms with van der Waals surface area (Å²) >= 11 is 0. The molecule has 0 bridgehead atoms. The predicted octanol–water partition coefficient (Wildman–Crippen LogP) is 3.51. The second kappa shape index (κ2) is 2.86. The molecule has 1 nitrogen and oxygen atoms in total. The molecule has 0 heterocycles. The molecular weight excluding hydrogens is 168 g/mol. The van der Waals surface area contributed by atoms with Crippen molar-refractivity contribution in [1.82, 2.24) is 0 Å². The van der Waals surface area contributed by atoms with Gasteiger partial charge in [-0.3, -0.25) is 0 Å². The van der Waals surface area contributed by atoms with E-state index < -0.39 is 10.3 Å². The molecule has 2 radical (unpaired) electrons. The van der Waals surface area contributed by atoms with Gasteiger partial charge in [-0.2, -0.15) is 28.5 Å². The summed E-state index contributed by atoms with van der Waals surface area (Å²) < 4.78 is 9.81. The lowest BCUT2D eigenvalue weighted by Crippen LogP contribution is -2.21. The largest absolute Gasteiger partial charge is 0.358 e. The molecule has 1 aromatic carbocycles. The van der Waals surface area contributed by atoms with Gasteiger partial charge in [-0.25, -0.2) is 6.07 Å². The van der Waals surface area contributed by atoms with Crippen LogP contribution < -0.4 is 0 Å². The van der Waals surface area contributed by atoms with Crippen LogP contribution in [-0.4, -0.2) is 9.30 Å². The molecule has 1 rings (SSSR count). The van der Waals surface area contributed by atoms with E-state index in [1.807, 2.05) is 45.0 Å². The maximum atomic E-state index is 10.1. The SMILES string of the molecule is [CH]S(O)(c1cc[cH-]c1)C(C)(C)C. The van der Waals surface area contributed by atoms with Crippen LogP contribution in [0.25, 0.3) is 0 Å². The summed E-state index contributed by atoms with van der Waals surface area (Å²) in [4.78, 5) is 0.856. The van der Waals surface area contributed by atoms with E-state index in [1.54, 1.807) is 0 Å². The Labute approximate surface area is 76.3 Å². The second-order valence-corrected chi connectivity index (χ2v) is 6.81. The quantitative estimate of drug-likeness (QED) is 0.660. The van der Waals surface area contributed by atoms with Gasteiger partial charge in [0.05, 0.1) is 0 Å². The Morgan fingerprint density at radius 1 is 1.50 bits per heavy atom. The minimum absolute atomic E-state index is 0.263. The monoisotopic (exact) mass is 183 g/mol. The smallest absolute Gasteiger partial charge is 0.0294 e. The Morgan fingerprint density at radius 2 is 2.08 bits per heavy atom. The van der Waals surface area contributed by atoms with Crippen molar-refractivity contribution < 1.29 is 4.55 Å². The standard InChI is InChI=1S/C10H15OS/c1-10(2,3)12(4,11)9-7-5-6-8-9/h4-8,11H,1-3H3/q-1. The van der Waals surface area contributed by atoms with E-state index in [4.69, 9.17) is 6.26 Å². The molecule has 0 saturated heterocycles. The number of rotatable bonds is 1. The number of hydrogen-bond acceptors (Lipinski definition) is 1.